The Hall–Kier alpha value is -1.46. The maximum atomic E-state index is 12.0. The number of hydrogen-bond donors (Lipinski definition) is 1. The molecule has 0 radical (unpaired) electrons. The number of aliphatic hydroxyl groups is 1. The molecule has 1 rings (SSSR count). The summed E-state index contributed by atoms with van der Waals surface area (Å²) in [6, 6.07) is 0. The van der Waals surface area contributed by atoms with E-state index >= 15 is 0 Å². The molecule has 1 N–H and O–H groups in total. The maximum absolute atomic E-state index is 12.0. The lowest BCUT2D eigenvalue weighted by molar-refractivity contribution is -0.0339. The van der Waals surface area contributed by atoms with Crippen molar-refractivity contribution in [1.29, 1.82) is 0 Å². The molecule has 0 saturated carbocycles. The fraction of sp³-hybridized carbons (Fsp3) is 0.923. The van der Waals surface area contributed by atoms with Crippen LogP contribution in [0.3, 0.4) is 0 Å². The minimum atomic E-state index is -1.10. The van der Waals surface area contributed by atoms with E-state index < -0.39 is 11.2 Å². The van der Waals surface area contributed by atoms with Gasteiger partial charge in [-0.3, -0.25) is 0 Å². The topological polar surface area (TPSA) is 98.5 Å². The molecule has 1 aliphatic rings. The lowest BCUT2D eigenvalue weighted by atomic mass is 9.83. The first-order chi connectivity index (χ1) is 9.15. The van der Waals surface area contributed by atoms with E-state index in [0.717, 1.165) is 12.8 Å². The number of rotatable bonds is 3. The zero-order valence-electron chi connectivity index (χ0n) is 12.7. The monoisotopic (exact) mass is 284 g/mol. The van der Waals surface area contributed by atoms with Crippen LogP contribution in [-0.4, -0.2) is 46.9 Å². The molecule has 0 spiro atoms. The fourth-order valence-electron chi connectivity index (χ4n) is 2.28. The van der Waals surface area contributed by atoms with Crippen LogP contribution in [0.5, 0.6) is 0 Å². The van der Waals surface area contributed by atoms with Crippen LogP contribution in [0.1, 0.15) is 40.5 Å². The molecule has 1 fully saturated rings. The van der Waals surface area contributed by atoms with Crippen molar-refractivity contribution in [1.82, 2.24) is 4.90 Å². The first-order valence-electron chi connectivity index (χ1n) is 6.87. The minimum Gasteiger partial charge on any atom is -0.444 e. The van der Waals surface area contributed by atoms with Crippen molar-refractivity contribution in [3.8, 4) is 0 Å². The number of hydrogen-bond acceptors (Lipinski definition) is 4. The first kappa shape index (κ1) is 16.6. The Balaban J connectivity index is 2.66. The van der Waals surface area contributed by atoms with E-state index in [-0.39, 0.29) is 18.6 Å². The van der Waals surface area contributed by atoms with Gasteiger partial charge in [-0.1, -0.05) is 5.11 Å². The van der Waals surface area contributed by atoms with Crippen LogP contribution in [0, 0.1) is 5.92 Å². The van der Waals surface area contributed by atoms with Gasteiger partial charge in [-0.05, 0) is 46.1 Å². The van der Waals surface area contributed by atoms with Crippen LogP contribution in [0.2, 0.25) is 0 Å². The van der Waals surface area contributed by atoms with Gasteiger partial charge in [-0.15, -0.1) is 0 Å². The summed E-state index contributed by atoms with van der Waals surface area (Å²) in [5.41, 5.74) is 6.72. The smallest absolute Gasteiger partial charge is 0.410 e. The Labute approximate surface area is 119 Å². The van der Waals surface area contributed by atoms with Crippen molar-refractivity contribution in [3.63, 3.8) is 0 Å². The maximum Gasteiger partial charge on any atom is 0.410 e. The molecule has 0 aromatic heterocycles. The number of likely N-dealkylation sites (tertiary alicyclic amines) is 1. The quantitative estimate of drug-likeness (QED) is 0.490. The Morgan fingerprint density at radius 2 is 2.15 bits per heavy atom. The van der Waals surface area contributed by atoms with Gasteiger partial charge >= 0.3 is 6.09 Å². The highest BCUT2D eigenvalue weighted by atomic mass is 16.6. The summed E-state index contributed by atoms with van der Waals surface area (Å²) in [6.45, 7) is 8.17. The lowest BCUT2D eigenvalue weighted by Crippen LogP contribution is -2.50. The minimum absolute atomic E-state index is 0.0102. The molecule has 1 amide bonds. The predicted molar refractivity (Wildman–Crippen MR) is 75.2 cm³/mol. The van der Waals surface area contributed by atoms with E-state index in [1.807, 2.05) is 20.8 Å². The Kier molecular flexibility index (Phi) is 5.25. The van der Waals surface area contributed by atoms with E-state index in [4.69, 9.17) is 10.3 Å². The SMILES string of the molecule is CC(C)(C)OC(=O)N1CCC[C@@H]([C@](C)(O)CN=[N+]=[N-])C1. The van der Waals surface area contributed by atoms with Crippen LogP contribution in [0.25, 0.3) is 10.4 Å². The summed E-state index contributed by atoms with van der Waals surface area (Å²) < 4.78 is 5.34. The van der Waals surface area contributed by atoms with Crippen molar-refractivity contribution >= 4 is 6.09 Å². The Morgan fingerprint density at radius 3 is 2.70 bits per heavy atom. The molecule has 0 bridgehead atoms. The molecule has 0 unspecified atom stereocenters. The Bertz CT molecular complexity index is 397. The number of piperidine rings is 1. The summed E-state index contributed by atoms with van der Waals surface area (Å²) in [6.07, 6.45) is 1.24. The van der Waals surface area contributed by atoms with Gasteiger partial charge in [0.1, 0.15) is 5.60 Å². The van der Waals surface area contributed by atoms with Gasteiger partial charge in [0.15, 0.2) is 0 Å². The molecule has 1 saturated heterocycles. The van der Waals surface area contributed by atoms with Crippen LogP contribution in [0.15, 0.2) is 5.11 Å². The average molecular weight is 284 g/mol. The van der Waals surface area contributed by atoms with Gasteiger partial charge in [0.05, 0.1) is 12.1 Å². The van der Waals surface area contributed by atoms with Crippen LogP contribution < -0.4 is 0 Å². The van der Waals surface area contributed by atoms with E-state index in [9.17, 15) is 9.90 Å². The highest BCUT2D eigenvalue weighted by Gasteiger charge is 2.37. The fourth-order valence-corrected chi connectivity index (χ4v) is 2.28. The lowest BCUT2D eigenvalue weighted by Gasteiger charge is -2.40. The third kappa shape index (κ3) is 4.90. The predicted octanol–water partition coefficient (Wildman–Crippen LogP) is 2.69. The second-order valence-corrected chi connectivity index (χ2v) is 6.51. The van der Waals surface area contributed by atoms with Gasteiger partial charge in [0.2, 0.25) is 0 Å². The molecule has 7 nitrogen and oxygen atoms in total. The second-order valence-electron chi connectivity index (χ2n) is 6.51. The van der Waals surface area contributed by atoms with Crippen molar-refractivity contribution in [2.75, 3.05) is 19.6 Å². The molecule has 7 heteroatoms. The van der Waals surface area contributed by atoms with Gasteiger partial charge in [0.25, 0.3) is 0 Å². The largest absolute Gasteiger partial charge is 0.444 e. The number of nitrogens with zero attached hydrogens (tertiary/aromatic N) is 4. The van der Waals surface area contributed by atoms with Crippen LogP contribution in [-0.2, 0) is 4.74 Å². The van der Waals surface area contributed by atoms with Crippen molar-refractivity contribution in [2.45, 2.75) is 51.7 Å². The highest BCUT2D eigenvalue weighted by Crippen LogP contribution is 2.28. The standard InChI is InChI=1S/C13H24N4O3/c1-12(2,3)20-11(18)17-7-5-6-10(8-17)13(4,19)9-15-16-14/h10,19H,5-9H2,1-4H3/t10-,13-/m1/s1. The van der Waals surface area contributed by atoms with E-state index in [0.29, 0.717) is 13.1 Å². The van der Waals surface area contributed by atoms with E-state index in [1.165, 1.54) is 0 Å². The summed E-state index contributed by atoms with van der Waals surface area (Å²) in [5, 5.41) is 13.8. The highest BCUT2D eigenvalue weighted by molar-refractivity contribution is 5.68. The summed E-state index contributed by atoms with van der Waals surface area (Å²) in [4.78, 5) is 16.3. The average Bonchev–Trinajstić information content (AvgIpc) is 2.34. The molecule has 0 aromatic carbocycles. The number of ether oxygens (including phenoxy) is 1. The van der Waals surface area contributed by atoms with Gasteiger partial charge < -0.3 is 14.7 Å². The number of carbonyl (C=O) groups excluding carboxylic acids is 1. The molecule has 114 valence electrons. The molecular weight excluding hydrogens is 260 g/mol. The van der Waals surface area contributed by atoms with E-state index in [2.05, 4.69) is 10.0 Å². The molecule has 2 atom stereocenters. The summed E-state index contributed by atoms with van der Waals surface area (Å²) >= 11 is 0. The molecule has 20 heavy (non-hydrogen) atoms. The molecule has 0 aliphatic carbocycles. The molecule has 0 aromatic rings. The normalized spacial score (nSPS) is 22.6. The number of carbonyl (C=O) groups is 1. The third-order valence-electron chi connectivity index (χ3n) is 3.41. The Morgan fingerprint density at radius 1 is 1.50 bits per heavy atom. The summed E-state index contributed by atoms with van der Waals surface area (Å²) in [5.74, 6) is -0.116. The van der Waals surface area contributed by atoms with Crippen LogP contribution in [0.4, 0.5) is 4.79 Å². The summed E-state index contributed by atoms with van der Waals surface area (Å²) in [7, 11) is 0. The number of amides is 1. The molecular formula is C13H24N4O3. The van der Waals surface area contributed by atoms with Gasteiger partial charge in [-0.25, -0.2) is 4.79 Å². The molecule has 1 heterocycles. The third-order valence-corrected chi connectivity index (χ3v) is 3.41. The number of azide groups is 1. The zero-order valence-corrected chi connectivity index (χ0v) is 12.7. The van der Waals surface area contributed by atoms with Gasteiger partial charge in [-0.2, -0.15) is 0 Å². The second kappa shape index (κ2) is 6.33. The van der Waals surface area contributed by atoms with Crippen LogP contribution >= 0.6 is 0 Å². The van der Waals surface area contributed by atoms with Crippen molar-refractivity contribution in [2.24, 2.45) is 11.0 Å². The van der Waals surface area contributed by atoms with Crippen molar-refractivity contribution < 1.29 is 14.6 Å². The van der Waals surface area contributed by atoms with E-state index in [1.54, 1.807) is 11.8 Å². The van der Waals surface area contributed by atoms with Gasteiger partial charge in [0, 0.05) is 23.9 Å². The zero-order chi connectivity index (χ0) is 15.4. The van der Waals surface area contributed by atoms with Crippen molar-refractivity contribution in [3.05, 3.63) is 10.4 Å². The first-order valence-corrected chi connectivity index (χ1v) is 6.87. The molecule has 1 aliphatic heterocycles.